The molecule has 0 bridgehead atoms. The zero-order valence-electron chi connectivity index (χ0n) is 15.8. The van der Waals surface area contributed by atoms with Crippen LogP contribution in [-0.4, -0.2) is 29.9 Å². The number of hydrogen-bond donors (Lipinski definition) is 1. The van der Waals surface area contributed by atoms with Gasteiger partial charge in [-0.25, -0.2) is 4.98 Å². The molecular weight excluding hydrogens is 362 g/mol. The number of anilines is 1. The van der Waals surface area contributed by atoms with Gasteiger partial charge in [-0.05, 0) is 31.0 Å². The molecule has 3 rings (SSSR count). The number of ether oxygens (including phenoxy) is 1. The number of unbranched alkanes of at least 4 members (excludes halogenated alkanes) is 3. The number of thiazole rings is 1. The van der Waals surface area contributed by atoms with E-state index in [2.05, 4.69) is 17.2 Å². The second-order valence-electron chi connectivity index (χ2n) is 6.68. The standard InChI is InChI=1S/C20H25N3O3S/c1-3-4-5-6-9-21-20(25)15-13-27-18(22-15)11-23-16-10-14(2)7-8-17(16)26-12-19(23)24/h7-8,10,13H,3-6,9,11-12H2,1-2H3,(H,21,25). The maximum absolute atomic E-state index is 12.3. The number of carbonyl (C=O) groups is 2. The van der Waals surface area contributed by atoms with Crippen molar-refractivity contribution in [2.75, 3.05) is 18.1 Å². The second kappa shape index (κ2) is 8.99. The van der Waals surface area contributed by atoms with Crippen molar-refractivity contribution in [2.45, 2.75) is 46.1 Å². The van der Waals surface area contributed by atoms with E-state index in [9.17, 15) is 9.59 Å². The number of hydrogen-bond acceptors (Lipinski definition) is 5. The van der Waals surface area contributed by atoms with Gasteiger partial charge in [0.1, 0.15) is 16.5 Å². The maximum atomic E-state index is 12.3. The van der Waals surface area contributed by atoms with Crippen LogP contribution in [0.4, 0.5) is 5.69 Å². The van der Waals surface area contributed by atoms with Crippen molar-refractivity contribution >= 4 is 28.8 Å². The lowest BCUT2D eigenvalue weighted by molar-refractivity contribution is -0.121. The third-order valence-electron chi connectivity index (χ3n) is 4.45. The fourth-order valence-electron chi connectivity index (χ4n) is 2.95. The summed E-state index contributed by atoms with van der Waals surface area (Å²) in [6.07, 6.45) is 4.46. The number of nitrogens with zero attached hydrogens (tertiary/aromatic N) is 2. The summed E-state index contributed by atoms with van der Waals surface area (Å²) in [5.74, 6) is 0.436. The zero-order chi connectivity index (χ0) is 19.2. The Kier molecular flexibility index (Phi) is 6.45. The molecule has 7 heteroatoms. The average Bonchev–Trinajstić information content (AvgIpc) is 3.13. The molecule has 1 aliphatic heterocycles. The van der Waals surface area contributed by atoms with E-state index in [1.165, 1.54) is 24.2 Å². The third kappa shape index (κ3) is 4.86. The Hall–Kier alpha value is -2.41. The Morgan fingerprint density at radius 2 is 2.19 bits per heavy atom. The monoisotopic (exact) mass is 387 g/mol. The van der Waals surface area contributed by atoms with Crippen LogP contribution in [0, 0.1) is 6.92 Å². The summed E-state index contributed by atoms with van der Waals surface area (Å²) in [7, 11) is 0. The Morgan fingerprint density at radius 3 is 3.00 bits per heavy atom. The molecule has 1 aromatic carbocycles. The van der Waals surface area contributed by atoms with Crippen LogP contribution >= 0.6 is 11.3 Å². The number of fused-ring (bicyclic) bond motifs is 1. The summed E-state index contributed by atoms with van der Waals surface area (Å²) < 4.78 is 5.50. The van der Waals surface area contributed by atoms with Gasteiger partial charge < -0.3 is 10.1 Å². The molecule has 1 N–H and O–H groups in total. The molecule has 144 valence electrons. The Bertz CT molecular complexity index is 819. The van der Waals surface area contributed by atoms with Crippen molar-refractivity contribution < 1.29 is 14.3 Å². The molecule has 0 atom stereocenters. The van der Waals surface area contributed by atoms with Gasteiger partial charge in [0.25, 0.3) is 11.8 Å². The number of aryl methyl sites for hydroxylation is 1. The molecule has 0 spiro atoms. The third-order valence-corrected chi connectivity index (χ3v) is 5.28. The summed E-state index contributed by atoms with van der Waals surface area (Å²) in [5.41, 5.74) is 2.22. The van der Waals surface area contributed by atoms with Crippen LogP contribution in [0.1, 0.15) is 53.7 Å². The first-order valence-corrected chi connectivity index (χ1v) is 10.2. The molecule has 0 saturated carbocycles. The number of benzene rings is 1. The lowest BCUT2D eigenvalue weighted by Gasteiger charge is -2.29. The number of rotatable bonds is 8. The molecule has 0 radical (unpaired) electrons. The Morgan fingerprint density at radius 1 is 1.33 bits per heavy atom. The minimum Gasteiger partial charge on any atom is -0.482 e. The molecule has 1 aromatic heterocycles. The smallest absolute Gasteiger partial charge is 0.270 e. The van der Waals surface area contributed by atoms with Gasteiger partial charge in [0.15, 0.2) is 6.61 Å². The molecule has 27 heavy (non-hydrogen) atoms. The summed E-state index contributed by atoms with van der Waals surface area (Å²) in [4.78, 5) is 30.7. The average molecular weight is 388 g/mol. The lowest BCUT2D eigenvalue weighted by atomic mass is 10.1. The molecular formula is C20H25N3O3S. The van der Waals surface area contributed by atoms with E-state index in [0.29, 0.717) is 24.5 Å². The quantitative estimate of drug-likeness (QED) is 0.701. The fourth-order valence-corrected chi connectivity index (χ4v) is 3.71. The predicted octanol–water partition coefficient (Wildman–Crippen LogP) is 3.69. The summed E-state index contributed by atoms with van der Waals surface area (Å²) in [6, 6.07) is 5.77. The molecule has 6 nitrogen and oxygen atoms in total. The van der Waals surface area contributed by atoms with Crippen LogP contribution in [0.2, 0.25) is 0 Å². The number of aromatic nitrogens is 1. The fraction of sp³-hybridized carbons (Fsp3) is 0.450. The van der Waals surface area contributed by atoms with Gasteiger partial charge >= 0.3 is 0 Å². The van der Waals surface area contributed by atoms with E-state index < -0.39 is 0 Å². The largest absolute Gasteiger partial charge is 0.482 e. The summed E-state index contributed by atoms with van der Waals surface area (Å²) in [6.45, 7) is 5.16. The highest BCUT2D eigenvalue weighted by molar-refractivity contribution is 7.09. The highest BCUT2D eigenvalue weighted by Crippen LogP contribution is 2.34. The first kappa shape index (κ1) is 19.4. The summed E-state index contributed by atoms with van der Waals surface area (Å²) in [5, 5.41) is 5.39. The van der Waals surface area contributed by atoms with E-state index in [0.717, 1.165) is 29.1 Å². The van der Waals surface area contributed by atoms with Crippen LogP contribution in [-0.2, 0) is 11.3 Å². The number of nitrogens with one attached hydrogen (secondary N) is 1. The van der Waals surface area contributed by atoms with Crippen LogP contribution in [0.25, 0.3) is 0 Å². The van der Waals surface area contributed by atoms with Gasteiger partial charge in [-0.15, -0.1) is 11.3 Å². The van der Waals surface area contributed by atoms with Gasteiger partial charge in [-0.1, -0.05) is 32.3 Å². The van der Waals surface area contributed by atoms with Crippen LogP contribution < -0.4 is 15.0 Å². The normalized spacial score (nSPS) is 13.3. The van der Waals surface area contributed by atoms with Gasteiger partial charge in [0.2, 0.25) is 0 Å². The molecule has 0 saturated heterocycles. The Labute approximate surface area is 163 Å². The van der Waals surface area contributed by atoms with Crippen molar-refractivity contribution in [3.05, 3.63) is 39.8 Å². The van der Waals surface area contributed by atoms with Crippen molar-refractivity contribution in [1.82, 2.24) is 10.3 Å². The highest BCUT2D eigenvalue weighted by atomic mass is 32.1. The summed E-state index contributed by atoms with van der Waals surface area (Å²) >= 11 is 1.39. The number of carbonyl (C=O) groups excluding carboxylic acids is 2. The first-order valence-electron chi connectivity index (χ1n) is 9.35. The second-order valence-corrected chi connectivity index (χ2v) is 7.63. The van der Waals surface area contributed by atoms with Gasteiger partial charge in [-0.2, -0.15) is 0 Å². The van der Waals surface area contributed by atoms with Crippen molar-refractivity contribution in [1.29, 1.82) is 0 Å². The molecule has 2 aromatic rings. The van der Waals surface area contributed by atoms with Gasteiger partial charge in [0, 0.05) is 11.9 Å². The van der Waals surface area contributed by atoms with E-state index >= 15 is 0 Å². The molecule has 0 fully saturated rings. The van der Waals surface area contributed by atoms with Crippen molar-refractivity contribution in [3.63, 3.8) is 0 Å². The van der Waals surface area contributed by atoms with Crippen LogP contribution in [0.15, 0.2) is 23.6 Å². The van der Waals surface area contributed by atoms with E-state index in [1.807, 2.05) is 25.1 Å². The van der Waals surface area contributed by atoms with Crippen molar-refractivity contribution in [2.24, 2.45) is 0 Å². The maximum Gasteiger partial charge on any atom is 0.270 e. The van der Waals surface area contributed by atoms with Crippen LogP contribution in [0.5, 0.6) is 5.75 Å². The SMILES string of the molecule is CCCCCCNC(=O)c1csc(CN2C(=O)COc3ccc(C)cc32)n1. The molecule has 0 aliphatic carbocycles. The highest BCUT2D eigenvalue weighted by Gasteiger charge is 2.26. The first-order chi connectivity index (χ1) is 13.1. The molecule has 2 heterocycles. The molecule has 2 amide bonds. The van der Waals surface area contributed by atoms with Crippen molar-refractivity contribution in [3.8, 4) is 5.75 Å². The minimum atomic E-state index is -0.154. The minimum absolute atomic E-state index is 0.0204. The van der Waals surface area contributed by atoms with Crippen LogP contribution in [0.3, 0.4) is 0 Å². The van der Waals surface area contributed by atoms with Gasteiger partial charge in [0.05, 0.1) is 12.2 Å². The molecule has 0 unspecified atom stereocenters. The molecule has 1 aliphatic rings. The van der Waals surface area contributed by atoms with Gasteiger partial charge in [-0.3, -0.25) is 14.5 Å². The topological polar surface area (TPSA) is 71.5 Å². The zero-order valence-corrected chi connectivity index (χ0v) is 16.6. The predicted molar refractivity (Wildman–Crippen MR) is 106 cm³/mol. The van der Waals surface area contributed by atoms with E-state index in [1.54, 1.807) is 10.3 Å². The lowest BCUT2D eigenvalue weighted by Crippen LogP contribution is -2.38. The Balaban J connectivity index is 1.63. The van der Waals surface area contributed by atoms with E-state index in [-0.39, 0.29) is 18.4 Å². The van der Waals surface area contributed by atoms with E-state index in [4.69, 9.17) is 4.74 Å². The number of amides is 2.